The predicted molar refractivity (Wildman–Crippen MR) is 132 cm³/mol. The molecule has 1 aromatic heterocycles. The Morgan fingerprint density at radius 3 is 2.53 bits per heavy atom. The van der Waals surface area contributed by atoms with E-state index in [1.807, 2.05) is 47.4 Å². The summed E-state index contributed by atoms with van der Waals surface area (Å²) in [6, 6.07) is 17.8. The van der Waals surface area contributed by atoms with Crippen molar-refractivity contribution in [3.8, 4) is 0 Å². The van der Waals surface area contributed by atoms with Gasteiger partial charge in [-0.15, -0.1) is 0 Å². The third kappa shape index (κ3) is 5.08. The number of amides is 1. The summed E-state index contributed by atoms with van der Waals surface area (Å²) < 4.78 is 3.36. The lowest BCUT2D eigenvalue weighted by Crippen LogP contribution is -2.45. The summed E-state index contributed by atoms with van der Waals surface area (Å²) in [5.74, 6) is 0.616. The van der Waals surface area contributed by atoms with Gasteiger partial charge in [-0.25, -0.2) is 0 Å². The SMILES string of the molecule is CC(C)CC1(CO)CCN(C(=O)c2ccc(NSc3cccc4cccnc34)cc2)CC1. The van der Waals surface area contributed by atoms with Crippen molar-refractivity contribution >= 4 is 34.4 Å². The molecule has 1 amide bonds. The summed E-state index contributed by atoms with van der Waals surface area (Å²) in [7, 11) is 0. The summed E-state index contributed by atoms with van der Waals surface area (Å²) in [5.41, 5.74) is 2.58. The highest BCUT2D eigenvalue weighted by molar-refractivity contribution is 8.00. The van der Waals surface area contributed by atoms with Crippen molar-refractivity contribution in [3.05, 3.63) is 66.4 Å². The number of hydrogen-bond donors (Lipinski definition) is 2. The molecule has 3 aromatic rings. The van der Waals surface area contributed by atoms with E-state index in [1.54, 1.807) is 6.20 Å². The second-order valence-electron chi connectivity index (χ2n) is 9.16. The van der Waals surface area contributed by atoms with Gasteiger partial charge in [-0.05, 0) is 78.9 Å². The summed E-state index contributed by atoms with van der Waals surface area (Å²) in [6.45, 7) is 6.00. The number of nitrogens with one attached hydrogen (secondary N) is 1. The van der Waals surface area contributed by atoms with Crippen LogP contribution in [0.2, 0.25) is 0 Å². The Bertz CT molecular complexity index is 1050. The lowest BCUT2D eigenvalue weighted by atomic mass is 9.73. The number of nitrogens with zero attached hydrogens (tertiary/aromatic N) is 2. The molecule has 32 heavy (non-hydrogen) atoms. The highest BCUT2D eigenvalue weighted by Crippen LogP contribution is 2.37. The summed E-state index contributed by atoms with van der Waals surface area (Å²) in [5, 5.41) is 11.0. The first-order valence-corrected chi connectivity index (χ1v) is 12.1. The van der Waals surface area contributed by atoms with Crippen LogP contribution in [0.15, 0.2) is 65.7 Å². The molecule has 6 heteroatoms. The highest BCUT2D eigenvalue weighted by Gasteiger charge is 2.36. The number of likely N-dealkylation sites (tertiary alicyclic amines) is 1. The number of carbonyl (C=O) groups is 1. The Morgan fingerprint density at radius 2 is 1.84 bits per heavy atom. The zero-order valence-corrected chi connectivity index (χ0v) is 19.6. The van der Waals surface area contributed by atoms with Gasteiger partial charge in [0.05, 0.1) is 10.4 Å². The van der Waals surface area contributed by atoms with Gasteiger partial charge in [-0.3, -0.25) is 9.78 Å². The maximum Gasteiger partial charge on any atom is 0.253 e. The minimum atomic E-state index is -0.0353. The van der Waals surface area contributed by atoms with E-state index in [4.69, 9.17) is 0 Å². The molecule has 0 spiro atoms. The molecule has 0 aliphatic carbocycles. The first kappa shape index (κ1) is 22.6. The van der Waals surface area contributed by atoms with Crippen molar-refractivity contribution in [3.63, 3.8) is 0 Å². The van der Waals surface area contributed by atoms with Gasteiger partial charge in [0.15, 0.2) is 0 Å². The molecule has 2 heterocycles. The molecule has 1 fully saturated rings. The first-order chi connectivity index (χ1) is 15.5. The largest absolute Gasteiger partial charge is 0.396 e. The molecule has 0 atom stereocenters. The Balaban J connectivity index is 1.36. The third-order valence-corrected chi connectivity index (χ3v) is 7.18. The standard InChI is InChI=1S/C26H31N3O2S/c1-19(2)17-26(18-30)12-15-29(16-13-26)25(31)21-8-10-22(11-9-21)28-32-23-7-3-5-20-6-4-14-27-24(20)23/h3-11,14,19,28,30H,12-13,15-18H2,1-2H3. The molecular weight excluding hydrogens is 418 g/mol. The molecule has 2 aromatic carbocycles. The zero-order valence-electron chi connectivity index (χ0n) is 18.8. The molecule has 1 aliphatic rings. The number of pyridine rings is 1. The smallest absolute Gasteiger partial charge is 0.253 e. The van der Waals surface area contributed by atoms with Crippen molar-refractivity contribution in [2.45, 2.75) is 38.0 Å². The van der Waals surface area contributed by atoms with E-state index >= 15 is 0 Å². The fourth-order valence-corrected chi connectivity index (χ4v) is 5.39. The minimum Gasteiger partial charge on any atom is -0.396 e. The molecule has 0 saturated carbocycles. The Hall–Kier alpha value is -2.57. The second-order valence-corrected chi connectivity index (χ2v) is 10.0. The molecule has 1 aliphatic heterocycles. The summed E-state index contributed by atoms with van der Waals surface area (Å²) in [6.07, 6.45) is 4.54. The predicted octanol–water partition coefficient (Wildman–Crippen LogP) is 5.61. The maximum atomic E-state index is 13.0. The number of anilines is 1. The minimum absolute atomic E-state index is 0.0353. The number of aliphatic hydroxyl groups excluding tert-OH is 1. The van der Waals surface area contributed by atoms with Gasteiger partial charge in [0.2, 0.25) is 0 Å². The van der Waals surface area contributed by atoms with Crippen molar-refractivity contribution in [1.29, 1.82) is 0 Å². The average molecular weight is 450 g/mol. The van der Waals surface area contributed by atoms with E-state index in [0.717, 1.165) is 40.7 Å². The van der Waals surface area contributed by atoms with Gasteiger partial charge >= 0.3 is 0 Å². The number of hydrogen-bond acceptors (Lipinski definition) is 5. The van der Waals surface area contributed by atoms with Crippen LogP contribution in [-0.2, 0) is 0 Å². The number of para-hydroxylation sites is 1. The summed E-state index contributed by atoms with van der Waals surface area (Å²) >= 11 is 1.52. The van der Waals surface area contributed by atoms with Crippen molar-refractivity contribution in [1.82, 2.24) is 9.88 Å². The topological polar surface area (TPSA) is 65.5 Å². The van der Waals surface area contributed by atoms with Crippen LogP contribution >= 0.6 is 11.9 Å². The molecule has 0 unspecified atom stereocenters. The number of fused-ring (bicyclic) bond motifs is 1. The van der Waals surface area contributed by atoms with E-state index in [9.17, 15) is 9.90 Å². The average Bonchev–Trinajstić information content (AvgIpc) is 2.82. The molecule has 0 bridgehead atoms. The van der Waals surface area contributed by atoms with E-state index in [0.29, 0.717) is 24.6 Å². The molecule has 2 N–H and O–H groups in total. The molecule has 168 valence electrons. The lowest BCUT2D eigenvalue weighted by molar-refractivity contribution is 0.0247. The zero-order chi connectivity index (χ0) is 22.6. The van der Waals surface area contributed by atoms with E-state index in [1.165, 1.54) is 11.9 Å². The van der Waals surface area contributed by atoms with Gasteiger partial charge in [0.1, 0.15) is 0 Å². The molecule has 4 rings (SSSR count). The Kier molecular flexibility index (Phi) is 7.01. The van der Waals surface area contributed by atoms with E-state index in [2.05, 4.69) is 35.7 Å². The van der Waals surface area contributed by atoms with Crippen LogP contribution in [0, 0.1) is 11.3 Å². The number of carbonyl (C=O) groups excluding carboxylic acids is 1. The Morgan fingerprint density at radius 1 is 1.12 bits per heavy atom. The lowest BCUT2D eigenvalue weighted by Gasteiger charge is -2.41. The number of aliphatic hydroxyl groups is 1. The van der Waals surface area contributed by atoms with Gasteiger partial charge < -0.3 is 14.7 Å². The number of piperidine rings is 1. The molecule has 5 nitrogen and oxygen atoms in total. The van der Waals surface area contributed by atoms with Gasteiger partial charge in [0.25, 0.3) is 5.91 Å². The van der Waals surface area contributed by atoms with Crippen LogP contribution in [0.3, 0.4) is 0 Å². The second kappa shape index (κ2) is 9.92. The maximum absolute atomic E-state index is 13.0. The van der Waals surface area contributed by atoms with E-state index < -0.39 is 0 Å². The van der Waals surface area contributed by atoms with Gasteiger partial charge in [0, 0.05) is 42.5 Å². The van der Waals surface area contributed by atoms with Crippen LogP contribution in [-0.4, -0.2) is 40.6 Å². The van der Waals surface area contributed by atoms with Gasteiger partial charge in [-0.2, -0.15) is 0 Å². The van der Waals surface area contributed by atoms with Crippen LogP contribution < -0.4 is 4.72 Å². The fraction of sp³-hybridized carbons (Fsp3) is 0.385. The third-order valence-electron chi connectivity index (χ3n) is 6.29. The van der Waals surface area contributed by atoms with Crippen LogP contribution in [0.25, 0.3) is 10.9 Å². The monoisotopic (exact) mass is 449 g/mol. The molecule has 1 saturated heterocycles. The number of benzene rings is 2. The van der Waals surface area contributed by atoms with Crippen LogP contribution in [0.4, 0.5) is 5.69 Å². The number of aromatic nitrogens is 1. The van der Waals surface area contributed by atoms with E-state index in [-0.39, 0.29) is 17.9 Å². The van der Waals surface area contributed by atoms with Crippen LogP contribution in [0.1, 0.15) is 43.5 Å². The normalized spacial score (nSPS) is 15.8. The molecular formula is C26H31N3O2S. The highest BCUT2D eigenvalue weighted by atomic mass is 32.2. The van der Waals surface area contributed by atoms with Gasteiger partial charge in [-0.1, -0.05) is 32.0 Å². The quantitative estimate of drug-likeness (QED) is 0.459. The fourth-order valence-electron chi connectivity index (χ4n) is 4.61. The van der Waals surface area contributed by atoms with Crippen molar-refractivity contribution in [2.75, 3.05) is 24.4 Å². The molecule has 0 radical (unpaired) electrons. The van der Waals surface area contributed by atoms with Crippen molar-refractivity contribution < 1.29 is 9.90 Å². The number of rotatable bonds is 7. The summed E-state index contributed by atoms with van der Waals surface area (Å²) in [4.78, 5) is 20.5. The van der Waals surface area contributed by atoms with Crippen LogP contribution in [0.5, 0.6) is 0 Å². The first-order valence-electron chi connectivity index (χ1n) is 11.3. The van der Waals surface area contributed by atoms with Crippen molar-refractivity contribution in [2.24, 2.45) is 11.3 Å². The Labute approximate surface area is 194 Å².